The Balaban J connectivity index is 1.59. The summed E-state index contributed by atoms with van der Waals surface area (Å²) in [4.78, 5) is 43.4. The molecule has 4 aromatic rings. The molecule has 0 unspecified atom stereocenters. The van der Waals surface area contributed by atoms with Gasteiger partial charge in [-0.15, -0.1) is 6.58 Å². The highest BCUT2D eigenvalue weighted by molar-refractivity contribution is 7.99. The number of non-ortho nitro benzene ring substituents is 1. The molecule has 2 aromatic carbocycles. The number of carbonyl (C=O) groups is 1. The van der Waals surface area contributed by atoms with Crippen LogP contribution in [-0.4, -0.2) is 31.1 Å². The molecule has 0 saturated carbocycles. The summed E-state index contributed by atoms with van der Waals surface area (Å²) in [6.45, 7) is 3.95. The molecule has 1 amide bonds. The first-order valence-corrected chi connectivity index (χ1v) is 10.3. The number of anilines is 1. The lowest BCUT2D eigenvalue weighted by Crippen LogP contribution is -2.23. The lowest BCUT2D eigenvalue weighted by atomic mass is 10.2. The van der Waals surface area contributed by atoms with E-state index in [1.54, 1.807) is 6.08 Å². The fourth-order valence-electron chi connectivity index (χ4n) is 3.17. The maximum Gasteiger partial charge on any atom is 0.278 e. The average Bonchev–Trinajstić information content (AvgIpc) is 3.14. The van der Waals surface area contributed by atoms with E-state index >= 15 is 0 Å². The molecule has 2 aromatic heterocycles. The summed E-state index contributed by atoms with van der Waals surface area (Å²) < 4.78 is 1.47. The van der Waals surface area contributed by atoms with Gasteiger partial charge in [-0.3, -0.25) is 24.3 Å². The van der Waals surface area contributed by atoms with Crippen LogP contribution in [0.4, 0.5) is 11.4 Å². The number of aromatic nitrogens is 3. The van der Waals surface area contributed by atoms with Crippen LogP contribution in [0, 0.1) is 10.1 Å². The average molecular weight is 435 g/mol. The lowest BCUT2D eigenvalue weighted by Gasteiger charge is -2.10. The van der Waals surface area contributed by atoms with Gasteiger partial charge >= 0.3 is 0 Å². The Kier molecular flexibility index (Phi) is 5.54. The quantitative estimate of drug-likeness (QED) is 0.150. The molecule has 0 saturated heterocycles. The number of benzene rings is 2. The van der Waals surface area contributed by atoms with Crippen molar-refractivity contribution in [1.29, 1.82) is 0 Å². The normalized spacial score (nSPS) is 11.0. The number of nitro benzene ring substituents is 1. The zero-order chi connectivity index (χ0) is 22.0. The molecular formula is C21H17N5O4S. The Bertz CT molecular complexity index is 1370. The molecule has 10 heteroatoms. The molecule has 0 aliphatic rings. The largest absolute Gasteiger partial charge is 0.349 e. The summed E-state index contributed by atoms with van der Waals surface area (Å²) in [5.41, 5.74) is 1.92. The number of hydrogen-bond acceptors (Lipinski definition) is 6. The number of rotatable bonds is 7. The topological polar surface area (TPSA) is 123 Å². The predicted molar refractivity (Wildman–Crippen MR) is 121 cm³/mol. The molecule has 4 rings (SSSR count). The van der Waals surface area contributed by atoms with Crippen molar-refractivity contribution in [3.05, 3.63) is 81.7 Å². The number of nitrogens with zero attached hydrogens (tertiary/aromatic N) is 3. The van der Waals surface area contributed by atoms with Gasteiger partial charge in [-0.25, -0.2) is 4.98 Å². The summed E-state index contributed by atoms with van der Waals surface area (Å²) in [5.74, 6) is -0.314. The first-order chi connectivity index (χ1) is 15.0. The molecule has 0 spiro atoms. The van der Waals surface area contributed by atoms with Gasteiger partial charge < -0.3 is 10.3 Å². The summed E-state index contributed by atoms with van der Waals surface area (Å²) in [6.07, 6.45) is 1.60. The second kappa shape index (κ2) is 8.44. The maximum absolute atomic E-state index is 13.0. The first kappa shape index (κ1) is 20.4. The van der Waals surface area contributed by atoms with E-state index in [1.165, 1.54) is 28.8 Å². The Morgan fingerprint density at radius 2 is 2.00 bits per heavy atom. The molecule has 0 radical (unpaired) electrons. The van der Waals surface area contributed by atoms with E-state index in [0.717, 1.165) is 22.7 Å². The highest BCUT2D eigenvalue weighted by atomic mass is 32.2. The third-order valence-corrected chi connectivity index (χ3v) is 5.56. The van der Waals surface area contributed by atoms with Crippen molar-refractivity contribution in [3.63, 3.8) is 0 Å². The Labute approximate surface area is 179 Å². The zero-order valence-corrected chi connectivity index (χ0v) is 17.0. The molecule has 9 nitrogen and oxygen atoms in total. The van der Waals surface area contributed by atoms with Crippen LogP contribution in [0.15, 0.2) is 71.1 Å². The molecular weight excluding hydrogens is 418 g/mol. The molecule has 0 aliphatic carbocycles. The van der Waals surface area contributed by atoms with Gasteiger partial charge in [0.1, 0.15) is 11.0 Å². The number of para-hydroxylation sites is 1. The number of allylic oxidation sites excluding steroid dienone is 1. The van der Waals surface area contributed by atoms with Crippen molar-refractivity contribution in [3.8, 4) is 0 Å². The predicted octanol–water partition coefficient (Wildman–Crippen LogP) is 3.70. The van der Waals surface area contributed by atoms with Gasteiger partial charge in [0.15, 0.2) is 5.16 Å². The van der Waals surface area contributed by atoms with Crippen LogP contribution in [0.5, 0.6) is 0 Å². The molecule has 0 aliphatic heterocycles. The number of hydrogen-bond donors (Lipinski definition) is 2. The molecule has 156 valence electrons. The van der Waals surface area contributed by atoms with E-state index in [-0.39, 0.29) is 29.5 Å². The number of amides is 1. The third kappa shape index (κ3) is 4.05. The van der Waals surface area contributed by atoms with Crippen LogP contribution < -0.4 is 10.9 Å². The number of thioether (sulfide) groups is 1. The summed E-state index contributed by atoms with van der Waals surface area (Å²) >= 11 is 1.13. The van der Waals surface area contributed by atoms with E-state index in [1.807, 2.05) is 24.3 Å². The van der Waals surface area contributed by atoms with Crippen LogP contribution in [0.25, 0.3) is 21.9 Å². The van der Waals surface area contributed by atoms with Crippen molar-refractivity contribution >= 4 is 51.0 Å². The van der Waals surface area contributed by atoms with Crippen molar-refractivity contribution < 1.29 is 9.72 Å². The van der Waals surface area contributed by atoms with Gasteiger partial charge in [0.25, 0.3) is 11.2 Å². The van der Waals surface area contributed by atoms with Crippen molar-refractivity contribution in [2.75, 3.05) is 11.1 Å². The van der Waals surface area contributed by atoms with Gasteiger partial charge in [0.2, 0.25) is 5.91 Å². The van der Waals surface area contributed by atoms with Crippen LogP contribution >= 0.6 is 11.8 Å². The van der Waals surface area contributed by atoms with E-state index in [0.29, 0.717) is 21.9 Å². The van der Waals surface area contributed by atoms with Gasteiger partial charge in [0.05, 0.1) is 10.7 Å². The molecule has 0 bridgehead atoms. The molecule has 31 heavy (non-hydrogen) atoms. The minimum atomic E-state index is -0.507. The number of H-pyrrole nitrogens is 1. The zero-order valence-electron chi connectivity index (χ0n) is 16.2. The van der Waals surface area contributed by atoms with Crippen LogP contribution in [0.1, 0.15) is 0 Å². The fourth-order valence-corrected chi connectivity index (χ4v) is 3.97. The van der Waals surface area contributed by atoms with E-state index in [9.17, 15) is 19.7 Å². The van der Waals surface area contributed by atoms with Crippen LogP contribution in [0.3, 0.4) is 0 Å². The smallest absolute Gasteiger partial charge is 0.278 e. The Morgan fingerprint density at radius 3 is 2.71 bits per heavy atom. The summed E-state index contributed by atoms with van der Waals surface area (Å²) in [7, 11) is 0. The number of nitrogens with one attached hydrogen (secondary N) is 2. The van der Waals surface area contributed by atoms with Crippen LogP contribution in [-0.2, 0) is 11.3 Å². The van der Waals surface area contributed by atoms with E-state index in [2.05, 4.69) is 21.9 Å². The Hall–Kier alpha value is -3.92. The standard InChI is InChI=1S/C21H17N5O4S/c1-2-11-25-20(28)19-18(15-5-3-4-6-16(15)23-19)24-21(25)31-12-17(27)22-13-7-9-14(10-8-13)26(29)30/h2-10,23H,1,11-12H2,(H,22,27). The SMILES string of the molecule is C=CCn1c(SCC(=O)Nc2ccc([N+](=O)[O-])cc2)nc2c([nH]c3ccccc32)c1=O. The Morgan fingerprint density at radius 1 is 1.26 bits per heavy atom. The fraction of sp³-hybridized carbons (Fsp3) is 0.0952. The van der Waals surface area contributed by atoms with E-state index in [4.69, 9.17) is 0 Å². The van der Waals surface area contributed by atoms with Gasteiger partial charge in [-0.05, 0) is 18.2 Å². The van der Waals surface area contributed by atoms with Gasteiger partial charge in [0, 0.05) is 35.3 Å². The first-order valence-electron chi connectivity index (χ1n) is 9.27. The molecule has 0 fully saturated rings. The third-order valence-electron chi connectivity index (χ3n) is 4.58. The number of aromatic amines is 1. The van der Waals surface area contributed by atoms with E-state index < -0.39 is 4.92 Å². The minimum absolute atomic E-state index is 0.00837. The molecule has 0 atom stereocenters. The van der Waals surface area contributed by atoms with Crippen molar-refractivity contribution in [2.24, 2.45) is 0 Å². The summed E-state index contributed by atoms with van der Waals surface area (Å²) in [6, 6.07) is 13.1. The number of nitro groups is 1. The second-order valence-corrected chi connectivity index (χ2v) is 7.58. The maximum atomic E-state index is 13.0. The number of fused-ring (bicyclic) bond motifs is 3. The number of carbonyl (C=O) groups excluding carboxylic acids is 1. The highest BCUT2D eigenvalue weighted by Gasteiger charge is 2.16. The van der Waals surface area contributed by atoms with Crippen LogP contribution in [0.2, 0.25) is 0 Å². The molecule has 2 heterocycles. The molecule has 2 N–H and O–H groups in total. The van der Waals surface area contributed by atoms with Crippen molar-refractivity contribution in [2.45, 2.75) is 11.7 Å². The lowest BCUT2D eigenvalue weighted by molar-refractivity contribution is -0.384. The minimum Gasteiger partial charge on any atom is -0.349 e. The van der Waals surface area contributed by atoms with Gasteiger partial charge in [-0.2, -0.15) is 0 Å². The second-order valence-electron chi connectivity index (χ2n) is 6.63. The van der Waals surface area contributed by atoms with Gasteiger partial charge in [-0.1, -0.05) is 36.0 Å². The monoisotopic (exact) mass is 435 g/mol. The summed E-state index contributed by atoms with van der Waals surface area (Å²) in [5, 5.41) is 14.6. The van der Waals surface area contributed by atoms with Crippen molar-refractivity contribution in [1.82, 2.24) is 14.5 Å². The highest BCUT2D eigenvalue weighted by Crippen LogP contribution is 2.25.